The Morgan fingerprint density at radius 3 is 2.36 bits per heavy atom. The van der Waals surface area contributed by atoms with Crippen LogP contribution in [0.15, 0.2) is 30.3 Å². The van der Waals surface area contributed by atoms with Crippen molar-refractivity contribution in [3.63, 3.8) is 0 Å². The van der Waals surface area contributed by atoms with Gasteiger partial charge in [0.25, 0.3) is 0 Å². The van der Waals surface area contributed by atoms with E-state index in [4.69, 9.17) is 9.47 Å². The first-order valence-corrected chi connectivity index (χ1v) is 9.30. The number of benzene rings is 2. The second-order valence-electron chi connectivity index (χ2n) is 7.08. The van der Waals surface area contributed by atoms with Gasteiger partial charge in [0.05, 0.1) is 14.2 Å². The number of hydrogen-bond acceptors (Lipinski definition) is 4. The molecule has 28 heavy (non-hydrogen) atoms. The minimum absolute atomic E-state index is 0.171. The molecule has 0 radical (unpaired) electrons. The molecule has 1 aliphatic heterocycles. The van der Waals surface area contributed by atoms with E-state index in [-0.39, 0.29) is 18.2 Å². The lowest BCUT2D eigenvalue weighted by Gasteiger charge is -2.29. The van der Waals surface area contributed by atoms with E-state index < -0.39 is 0 Å². The van der Waals surface area contributed by atoms with Crippen molar-refractivity contribution in [3.05, 3.63) is 52.6 Å². The maximum absolute atomic E-state index is 12.6. The molecule has 6 heteroatoms. The highest BCUT2D eigenvalue weighted by Gasteiger charge is 2.24. The summed E-state index contributed by atoms with van der Waals surface area (Å²) in [6.07, 6.45) is 0.552. The van der Waals surface area contributed by atoms with E-state index in [9.17, 15) is 9.59 Å². The summed E-state index contributed by atoms with van der Waals surface area (Å²) in [4.78, 5) is 26.7. The molecule has 2 aromatic rings. The Kier molecular flexibility index (Phi) is 5.87. The summed E-state index contributed by atoms with van der Waals surface area (Å²) >= 11 is 0. The van der Waals surface area contributed by atoms with Gasteiger partial charge < -0.3 is 19.7 Å². The molecule has 0 bridgehead atoms. The minimum atomic E-state index is -0.296. The molecule has 1 aliphatic rings. The van der Waals surface area contributed by atoms with Crippen molar-refractivity contribution in [1.82, 2.24) is 4.90 Å². The van der Waals surface area contributed by atoms with Crippen molar-refractivity contribution in [2.75, 3.05) is 26.1 Å². The van der Waals surface area contributed by atoms with Gasteiger partial charge in [0.15, 0.2) is 11.5 Å². The summed E-state index contributed by atoms with van der Waals surface area (Å²) in [6, 6.07) is 9.67. The Hall–Kier alpha value is -3.02. The summed E-state index contributed by atoms with van der Waals surface area (Å²) in [5.41, 5.74) is 5.01. The van der Waals surface area contributed by atoms with Gasteiger partial charge in [-0.1, -0.05) is 17.7 Å². The maximum atomic E-state index is 12.6. The van der Waals surface area contributed by atoms with Gasteiger partial charge in [-0.25, -0.2) is 0 Å². The lowest BCUT2D eigenvalue weighted by molar-refractivity contribution is -0.135. The predicted molar refractivity (Wildman–Crippen MR) is 108 cm³/mol. The quantitative estimate of drug-likeness (QED) is 0.806. The number of hydrogen-bond donors (Lipinski definition) is 1. The van der Waals surface area contributed by atoms with Gasteiger partial charge >= 0.3 is 0 Å². The van der Waals surface area contributed by atoms with Crippen LogP contribution in [0.25, 0.3) is 0 Å². The molecule has 0 fully saturated rings. The molecule has 0 aliphatic carbocycles. The molecule has 0 unspecified atom stereocenters. The van der Waals surface area contributed by atoms with Crippen molar-refractivity contribution >= 4 is 17.5 Å². The number of ether oxygens (including phenoxy) is 2. The Bertz CT molecular complexity index is 908. The van der Waals surface area contributed by atoms with Gasteiger partial charge in [-0.3, -0.25) is 9.59 Å². The van der Waals surface area contributed by atoms with Crippen molar-refractivity contribution in [2.24, 2.45) is 0 Å². The van der Waals surface area contributed by atoms with Gasteiger partial charge in [0.2, 0.25) is 11.8 Å². The zero-order chi connectivity index (χ0) is 20.3. The highest BCUT2D eigenvalue weighted by molar-refractivity contribution is 6.03. The standard InChI is InChI=1S/C22H26N2O4/c1-14-5-6-18(15(2)9-14)23-21(25)12-22(26)24-8-7-16-10-19(27-3)20(28-4)11-17(16)13-24/h5-6,9-11H,7-8,12-13H2,1-4H3,(H,23,25). The Balaban J connectivity index is 1.65. The van der Waals surface area contributed by atoms with E-state index in [2.05, 4.69) is 5.32 Å². The number of carbonyl (C=O) groups excluding carboxylic acids is 2. The van der Waals surface area contributed by atoms with E-state index in [1.54, 1.807) is 19.1 Å². The predicted octanol–water partition coefficient (Wildman–Crippen LogP) is 3.23. The topological polar surface area (TPSA) is 67.9 Å². The first kappa shape index (κ1) is 19.7. The van der Waals surface area contributed by atoms with Crippen molar-refractivity contribution < 1.29 is 19.1 Å². The summed E-state index contributed by atoms with van der Waals surface area (Å²) in [7, 11) is 3.20. The Morgan fingerprint density at radius 1 is 1.04 bits per heavy atom. The highest BCUT2D eigenvalue weighted by atomic mass is 16.5. The molecule has 0 aromatic heterocycles. The second-order valence-corrected chi connectivity index (χ2v) is 7.08. The summed E-state index contributed by atoms with van der Waals surface area (Å²) in [6.45, 7) is 4.98. The highest BCUT2D eigenvalue weighted by Crippen LogP contribution is 2.33. The van der Waals surface area contributed by atoms with Crippen LogP contribution in [0.2, 0.25) is 0 Å². The lowest BCUT2D eigenvalue weighted by atomic mass is 9.98. The van der Waals surface area contributed by atoms with E-state index in [1.807, 2.05) is 44.2 Å². The van der Waals surface area contributed by atoms with Crippen molar-refractivity contribution in [2.45, 2.75) is 33.2 Å². The molecule has 148 valence electrons. The van der Waals surface area contributed by atoms with Crippen LogP contribution in [0, 0.1) is 13.8 Å². The number of fused-ring (bicyclic) bond motifs is 1. The molecule has 2 amide bonds. The van der Waals surface area contributed by atoms with Gasteiger partial charge in [-0.2, -0.15) is 0 Å². The molecule has 0 saturated heterocycles. The van der Waals surface area contributed by atoms with E-state index in [0.29, 0.717) is 24.6 Å². The average Bonchev–Trinajstić information content (AvgIpc) is 2.68. The van der Waals surface area contributed by atoms with Crippen LogP contribution in [0.1, 0.15) is 28.7 Å². The number of amides is 2. The zero-order valence-corrected chi connectivity index (χ0v) is 16.8. The number of aryl methyl sites for hydroxylation is 2. The molecule has 1 heterocycles. The van der Waals surface area contributed by atoms with Crippen molar-refractivity contribution in [1.29, 1.82) is 0 Å². The average molecular weight is 382 g/mol. The molecular weight excluding hydrogens is 356 g/mol. The molecule has 6 nitrogen and oxygen atoms in total. The molecular formula is C22H26N2O4. The van der Waals surface area contributed by atoms with Gasteiger partial charge in [0, 0.05) is 18.8 Å². The van der Waals surface area contributed by atoms with Gasteiger partial charge in [0.1, 0.15) is 6.42 Å². The molecule has 3 rings (SSSR count). The van der Waals surface area contributed by atoms with Crippen LogP contribution < -0.4 is 14.8 Å². The van der Waals surface area contributed by atoms with Crippen LogP contribution >= 0.6 is 0 Å². The fourth-order valence-electron chi connectivity index (χ4n) is 3.49. The molecule has 2 aromatic carbocycles. The Labute approximate surface area is 165 Å². The normalized spacial score (nSPS) is 12.9. The maximum Gasteiger partial charge on any atom is 0.233 e. The first-order chi connectivity index (χ1) is 13.4. The number of nitrogens with zero attached hydrogens (tertiary/aromatic N) is 1. The molecule has 0 saturated carbocycles. The largest absolute Gasteiger partial charge is 0.493 e. The van der Waals surface area contributed by atoms with Crippen LogP contribution in [0.4, 0.5) is 5.69 Å². The number of rotatable bonds is 5. The molecule has 0 atom stereocenters. The monoisotopic (exact) mass is 382 g/mol. The fourth-order valence-corrected chi connectivity index (χ4v) is 3.49. The molecule has 0 spiro atoms. The third-order valence-electron chi connectivity index (χ3n) is 5.04. The third kappa shape index (κ3) is 4.27. The molecule has 1 N–H and O–H groups in total. The zero-order valence-electron chi connectivity index (χ0n) is 16.8. The van der Waals surface area contributed by atoms with Crippen LogP contribution in [-0.4, -0.2) is 37.5 Å². The second kappa shape index (κ2) is 8.33. The number of methoxy groups -OCH3 is 2. The first-order valence-electron chi connectivity index (χ1n) is 9.30. The summed E-state index contributed by atoms with van der Waals surface area (Å²) in [5.74, 6) is 0.856. The van der Waals surface area contributed by atoms with E-state index in [1.165, 1.54) is 0 Å². The fraction of sp³-hybridized carbons (Fsp3) is 0.364. The van der Waals surface area contributed by atoms with E-state index in [0.717, 1.165) is 34.4 Å². The van der Waals surface area contributed by atoms with E-state index >= 15 is 0 Å². The smallest absolute Gasteiger partial charge is 0.233 e. The number of carbonyl (C=O) groups is 2. The Morgan fingerprint density at radius 2 is 1.71 bits per heavy atom. The third-order valence-corrected chi connectivity index (χ3v) is 5.04. The van der Waals surface area contributed by atoms with Crippen LogP contribution in [0.5, 0.6) is 11.5 Å². The number of nitrogens with one attached hydrogen (secondary N) is 1. The summed E-state index contributed by atoms with van der Waals surface area (Å²) in [5, 5.41) is 2.84. The van der Waals surface area contributed by atoms with Crippen molar-refractivity contribution in [3.8, 4) is 11.5 Å². The minimum Gasteiger partial charge on any atom is -0.493 e. The van der Waals surface area contributed by atoms with Crippen LogP contribution in [-0.2, 0) is 22.6 Å². The van der Waals surface area contributed by atoms with Gasteiger partial charge in [-0.05, 0) is 55.2 Å². The van der Waals surface area contributed by atoms with Crippen LogP contribution in [0.3, 0.4) is 0 Å². The SMILES string of the molecule is COc1cc2c(cc1OC)CN(C(=O)CC(=O)Nc1ccc(C)cc1C)CC2. The van der Waals surface area contributed by atoms with Gasteiger partial charge in [-0.15, -0.1) is 0 Å². The summed E-state index contributed by atoms with van der Waals surface area (Å²) < 4.78 is 10.7. The number of anilines is 1. The lowest BCUT2D eigenvalue weighted by Crippen LogP contribution is -2.37.